The quantitative estimate of drug-likeness (QED) is 0.746. The Labute approximate surface area is 171 Å². The van der Waals surface area contributed by atoms with E-state index in [2.05, 4.69) is 20.5 Å². The smallest absolute Gasteiger partial charge is 0.409 e. The lowest BCUT2D eigenvalue weighted by atomic mass is 9.94. The molecule has 0 spiro atoms. The molecule has 0 saturated carbocycles. The van der Waals surface area contributed by atoms with Crippen LogP contribution in [0.5, 0.6) is 0 Å². The molecule has 1 fully saturated rings. The molecular formula is C21H29N5O3. The zero-order valence-corrected chi connectivity index (χ0v) is 17.0. The van der Waals surface area contributed by atoms with Crippen molar-refractivity contribution >= 4 is 12.0 Å². The standard InChI is InChI=1S/C21H29N5O3/c1-15(2)13-29-21(28)26-10-8-17(9-11-26)20(27)24-18(12-19-22-14-23-25-19)16-6-4-3-5-7-16/h3-7,14-15,17-18H,8-13H2,1-2H3,(H,24,27)(H,22,23,25). The van der Waals surface area contributed by atoms with E-state index in [1.807, 2.05) is 44.2 Å². The number of carbonyl (C=O) groups excluding carboxylic acids is 2. The number of amides is 2. The monoisotopic (exact) mass is 399 g/mol. The minimum atomic E-state index is -0.287. The average molecular weight is 399 g/mol. The van der Waals surface area contributed by atoms with Gasteiger partial charge >= 0.3 is 6.09 Å². The molecule has 29 heavy (non-hydrogen) atoms. The van der Waals surface area contributed by atoms with Crippen molar-refractivity contribution in [1.82, 2.24) is 25.4 Å². The summed E-state index contributed by atoms with van der Waals surface area (Å²) in [7, 11) is 0. The molecule has 2 heterocycles. The number of rotatable bonds is 7. The fraction of sp³-hybridized carbons (Fsp3) is 0.524. The SMILES string of the molecule is CC(C)COC(=O)N1CCC(C(=O)NC(Cc2ncn[nH]2)c2ccccc2)CC1. The van der Waals surface area contributed by atoms with Crippen molar-refractivity contribution in [2.24, 2.45) is 11.8 Å². The number of nitrogens with one attached hydrogen (secondary N) is 2. The van der Waals surface area contributed by atoms with Gasteiger partial charge in [-0.25, -0.2) is 9.78 Å². The zero-order valence-electron chi connectivity index (χ0n) is 17.0. The first kappa shape index (κ1) is 20.8. The van der Waals surface area contributed by atoms with Crippen molar-refractivity contribution in [3.63, 3.8) is 0 Å². The third-order valence-electron chi connectivity index (χ3n) is 5.04. The van der Waals surface area contributed by atoms with Gasteiger partial charge in [-0.2, -0.15) is 5.10 Å². The number of carbonyl (C=O) groups is 2. The van der Waals surface area contributed by atoms with Crippen LogP contribution >= 0.6 is 0 Å². The molecule has 8 nitrogen and oxygen atoms in total. The maximum absolute atomic E-state index is 12.9. The van der Waals surface area contributed by atoms with E-state index in [-0.39, 0.29) is 24.0 Å². The second-order valence-corrected chi connectivity index (χ2v) is 7.84. The first-order valence-corrected chi connectivity index (χ1v) is 10.1. The van der Waals surface area contributed by atoms with E-state index in [1.165, 1.54) is 6.33 Å². The van der Waals surface area contributed by atoms with Crippen LogP contribution in [0.15, 0.2) is 36.7 Å². The van der Waals surface area contributed by atoms with Crippen LogP contribution in [0.4, 0.5) is 4.79 Å². The molecule has 3 rings (SSSR count). The molecule has 1 aliphatic rings. The van der Waals surface area contributed by atoms with Gasteiger partial charge in [-0.05, 0) is 24.3 Å². The number of ether oxygens (including phenoxy) is 1. The van der Waals surface area contributed by atoms with Gasteiger partial charge in [0.1, 0.15) is 12.2 Å². The van der Waals surface area contributed by atoms with Crippen LogP contribution in [-0.4, -0.2) is 51.8 Å². The Morgan fingerprint density at radius 2 is 1.97 bits per heavy atom. The van der Waals surface area contributed by atoms with Crippen LogP contribution in [0.1, 0.15) is 44.1 Å². The summed E-state index contributed by atoms with van der Waals surface area (Å²) in [6.07, 6.45) is 2.98. The molecule has 1 atom stereocenters. The number of hydrogen-bond acceptors (Lipinski definition) is 5. The molecule has 2 aromatic rings. The Kier molecular flexibility index (Phi) is 7.21. The van der Waals surface area contributed by atoms with Gasteiger partial charge in [0, 0.05) is 25.4 Å². The summed E-state index contributed by atoms with van der Waals surface area (Å²) in [4.78, 5) is 30.9. The molecular weight excluding hydrogens is 370 g/mol. The molecule has 156 valence electrons. The van der Waals surface area contributed by atoms with Crippen molar-refractivity contribution in [2.75, 3.05) is 19.7 Å². The van der Waals surface area contributed by atoms with E-state index in [0.29, 0.717) is 44.9 Å². The third kappa shape index (κ3) is 6.04. The van der Waals surface area contributed by atoms with Gasteiger partial charge in [0.25, 0.3) is 0 Å². The maximum atomic E-state index is 12.9. The molecule has 2 N–H and O–H groups in total. The van der Waals surface area contributed by atoms with Crippen LogP contribution in [0, 0.1) is 11.8 Å². The Balaban J connectivity index is 1.56. The number of aromatic amines is 1. The van der Waals surface area contributed by atoms with E-state index in [4.69, 9.17) is 4.74 Å². The van der Waals surface area contributed by atoms with E-state index in [0.717, 1.165) is 11.4 Å². The van der Waals surface area contributed by atoms with Crippen LogP contribution in [0.25, 0.3) is 0 Å². The second-order valence-electron chi connectivity index (χ2n) is 7.84. The molecule has 0 aliphatic carbocycles. The lowest BCUT2D eigenvalue weighted by molar-refractivity contribution is -0.127. The number of benzene rings is 1. The maximum Gasteiger partial charge on any atom is 0.409 e. The molecule has 0 radical (unpaired) electrons. The highest BCUT2D eigenvalue weighted by Crippen LogP contribution is 2.22. The topological polar surface area (TPSA) is 100 Å². The minimum absolute atomic E-state index is 0.00793. The normalized spacial score (nSPS) is 15.9. The lowest BCUT2D eigenvalue weighted by Crippen LogP contribution is -2.44. The number of H-pyrrole nitrogens is 1. The highest BCUT2D eigenvalue weighted by atomic mass is 16.6. The molecule has 1 unspecified atom stereocenters. The number of nitrogens with zero attached hydrogens (tertiary/aromatic N) is 3. The first-order chi connectivity index (χ1) is 14.0. The zero-order chi connectivity index (χ0) is 20.6. The molecule has 1 aromatic heterocycles. The van der Waals surface area contributed by atoms with Crippen LogP contribution in [0.2, 0.25) is 0 Å². The number of piperidine rings is 1. The number of aromatic nitrogens is 3. The van der Waals surface area contributed by atoms with E-state index in [1.54, 1.807) is 4.90 Å². The Hall–Kier alpha value is -2.90. The fourth-order valence-electron chi connectivity index (χ4n) is 3.40. The van der Waals surface area contributed by atoms with Crippen LogP contribution in [-0.2, 0) is 16.0 Å². The van der Waals surface area contributed by atoms with Crippen molar-refractivity contribution < 1.29 is 14.3 Å². The number of likely N-dealkylation sites (tertiary alicyclic amines) is 1. The highest BCUT2D eigenvalue weighted by molar-refractivity contribution is 5.79. The van der Waals surface area contributed by atoms with Gasteiger partial charge in [-0.3, -0.25) is 9.89 Å². The van der Waals surface area contributed by atoms with Crippen LogP contribution in [0.3, 0.4) is 0 Å². The molecule has 1 saturated heterocycles. The first-order valence-electron chi connectivity index (χ1n) is 10.1. The Morgan fingerprint density at radius 3 is 2.59 bits per heavy atom. The molecule has 8 heteroatoms. The summed E-state index contributed by atoms with van der Waals surface area (Å²) in [5.41, 5.74) is 1.02. The van der Waals surface area contributed by atoms with Crippen LogP contribution < -0.4 is 5.32 Å². The van der Waals surface area contributed by atoms with Crippen molar-refractivity contribution in [3.05, 3.63) is 48.0 Å². The van der Waals surface area contributed by atoms with Crippen molar-refractivity contribution in [2.45, 2.75) is 39.2 Å². The number of hydrogen-bond donors (Lipinski definition) is 2. The van der Waals surface area contributed by atoms with E-state index >= 15 is 0 Å². The van der Waals surface area contributed by atoms with Gasteiger partial charge in [-0.1, -0.05) is 44.2 Å². The summed E-state index contributed by atoms with van der Waals surface area (Å²) in [5, 5.41) is 9.91. The molecule has 0 bridgehead atoms. The van der Waals surface area contributed by atoms with Crippen molar-refractivity contribution in [1.29, 1.82) is 0 Å². The minimum Gasteiger partial charge on any atom is -0.449 e. The highest BCUT2D eigenvalue weighted by Gasteiger charge is 2.29. The van der Waals surface area contributed by atoms with Gasteiger partial charge in [0.2, 0.25) is 5.91 Å². The fourth-order valence-corrected chi connectivity index (χ4v) is 3.40. The Morgan fingerprint density at radius 1 is 1.24 bits per heavy atom. The Bertz CT molecular complexity index is 771. The lowest BCUT2D eigenvalue weighted by Gasteiger charge is -2.31. The third-order valence-corrected chi connectivity index (χ3v) is 5.04. The van der Waals surface area contributed by atoms with Crippen molar-refractivity contribution in [3.8, 4) is 0 Å². The van der Waals surface area contributed by atoms with E-state index in [9.17, 15) is 9.59 Å². The summed E-state index contributed by atoms with van der Waals surface area (Å²) >= 11 is 0. The summed E-state index contributed by atoms with van der Waals surface area (Å²) in [6, 6.07) is 9.66. The summed E-state index contributed by atoms with van der Waals surface area (Å²) in [5.74, 6) is 0.919. The molecule has 1 aromatic carbocycles. The second kappa shape index (κ2) is 10.0. The largest absolute Gasteiger partial charge is 0.449 e. The van der Waals surface area contributed by atoms with E-state index < -0.39 is 0 Å². The molecule has 1 aliphatic heterocycles. The van der Waals surface area contributed by atoms with Gasteiger partial charge in [-0.15, -0.1) is 0 Å². The average Bonchev–Trinajstić information content (AvgIpc) is 3.25. The summed E-state index contributed by atoms with van der Waals surface area (Å²) < 4.78 is 5.29. The molecule has 2 amide bonds. The predicted molar refractivity (Wildman–Crippen MR) is 108 cm³/mol. The van der Waals surface area contributed by atoms with Gasteiger partial charge in [0.05, 0.1) is 12.6 Å². The van der Waals surface area contributed by atoms with Gasteiger partial charge in [0.15, 0.2) is 0 Å². The van der Waals surface area contributed by atoms with Gasteiger partial charge < -0.3 is 15.0 Å². The predicted octanol–water partition coefficient (Wildman–Crippen LogP) is 2.71. The summed E-state index contributed by atoms with van der Waals surface area (Å²) in [6.45, 7) is 5.50.